The summed E-state index contributed by atoms with van der Waals surface area (Å²) in [4.78, 5) is 50.3. The van der Waals surface area contributed by atoms with Crippen molar-refractivity contribution in [2.45, 2.75) is 25.4 Å². The van der Waals surface area contributed by atoms with Crippen molar-refractivity contribution in [2.24, 2.45) is 0 Å². The quantitative estimate of drug-likeness (QED) is 0.708. The molecule has 0 radical (unpaired) electrons. The van der Waals surface area contributed by atoms with Gasteiger partial charge in [-0.05, 0) is 12.5 Å². The van der Waals surface area contributed by atoms with Gasteiger partial charge in [-0.1, -0.05) is 0 Å². The van der Waals surface area contributed by atoms with Crippen LogP contribution in [0.25, 0.3) is 0 Å². The molecule has 138 valence electrons. The van der Waals surface area contributed by atoms with Crippen molar-refractivity contribution in [1.82, 2.24) is 10.2 Å². The van der Waals surface area contributed by atoms with Crippen molar-refractivity contribution in [1.29, 1.82) is 0 Å². The van der Waals surface area contributed by atoms with Gasteiger partial charge in [-0.15, -0.1) is 0 Å². The Labute approximate surface area is 149 Å². The van der Waals surface area contributed by atoms with Crippen LogP contribution in [-0.4, -0.2) is 60.4 Å². The van der Waals surface area contributed by atoms with Gasteiger partial charge in [0.25, 0.3) is 5.91 Å². The van der Waals surface area contributed by atoms with Crippen molar-refractivity contribution in [2.75, 3.05) is 25.6 Å². The van der Waals surface area contributed by atoms with Crippen molar-refractivity contribution < 1.29 is 29.0 Å². The molecule has 0 aliphatic carbocycles. The van der Waals surface area contributed by atoms with E-state index in [4.69, 9.17) is 9.84 Å². The van der Waals surface area contributed by atoms with Gasteiger partial charge < -0.3 is 19.6 Å². The van der Waals surface area contributed by atoms with Crippen LogP contribution in [0.2, 0.25) is 0 Å². The minimum absolute atomic E-state index is 0.128. The van der Waals surface area contributed by atoms with Gasteiger partial charge >= 0.3 is 5.97 Å². The number of nitrogens with zero attached hydrogens (tertiary/aromatic N) is 2. The van der Waals surface area contributed by atoms with E-state index in [9.17, 15) is 19.2 Å². The van der Waals surface area contributed by atoms with Gasteiger partial charge in [-0.25, -0.2) is 4.79 Å². The van der Waals surface area contributed by atoms with Crippen LogP contribution in [0.3, 0.4) is 0 Å². The predicted octanol–water partition coefficient (Wildman–Crippen LogP) is -0.0230. The van der Waals surface area contributed by atoms with Crippen LogP contribution in [0.15, 0.2) is 12.1 Å². The number of carbonyl (C=O) groups is 4. The largest absolute Gasteiger partial charge is 0.481 e. The van der Waals surface area contributed by atoms with Crippen LogP contribution >= 0.6 is 0 Å². The number of hydrogen-bond acceptors (Lipinski definition) is 6. The highest BCUT2D eigenvalue weighted by atomic mass is 16.5. The second-order valence-electron chi connectivity index (χ2n) is 6.45. The Bertz CT molecular complexity index is 804. The predicted molar refractivity (Wildman–Crippen MR) is 89.9 cm³/mol. The molecular formula is C17H19N3O6. The molecule has 0 spiro atoms. The van der Waals surface area contributed by atoms with Crippen molar-refractivity contribution in [3.05, 3.63) is 23.3 Å². The number of hydrogen-bond donors (Lipinski definition) is 2. The third kappa shape index (κ3) is 3.19. The van der Waals surface area contributed by atoms with Gasteiger partial charge in [0, 0.05) is 37.8 Å². The van der Waals surface area contributed by atoms with Crippen LogP contribution in [0.4, 0.5) is 5.69 Å². The van der Waals surface area contributed by atoms with Gasteiger partial charge in [0.15, 0.2) is 6.61 Å². The van der Waals surface area contributed by atoms with Crippen LogP contribution in [-0.2, 0) is 20.9 Å². The average molecular weight is 361 g/mol. The zero-order valence-electron chi connectivity index (χ0n) is 14.4. The molecule has 9 heteroatoms. The lowest BCUT2D eigenvalue weighted by molar-refractivity contribution is -0.139. The highest BCUT2D eigenvalue weighted by molar-refractivity contribution is 6.06. The first-order valence-electron chi connectivity index (χ1n) is 8.11. The molecule has 3 amide bonds. The number of amides is 3. The molecule has 1 aromatic rings. The van der Waals surface area contributed by atoms with E-state index in [0.29, 0.717) is 22.6 Å². The number of carbonyl (C=O) groups excluding carboxylic acids is 3. The highest BCUT2D eigenvalue weighted by Gasteiger charge is 2.40. The van der Waals surface area contributed by atoms with Gasteiger partial charge in [0.05, 0.1) is 12.1 Å². The Morgan fingerprint density at radius 3 is 2.69 bits per heavy atom. The summed E-state index contributed by atoms with van der Waals surface area (Å²) >= 11 is 0. The fourth-order valence-corrected chi connectivity index (χ4v) is 3.14. The lowest BCUT2D eigenvalue weighted by atomic mass is 10.0. The van der Waals surface area contributed by atoms with Gasteiger partial charge in [-0.3, -0.25) is 19.7 Å². The SMILES string of the molecule is CN(C)c1cc(OCC(=O)O)c2c(c1)C(=O)N(C1CCC(=O)NC1=O)C2. The van der Waals surface area contributed by atoms with E-state index < -0.39 is 24.5 Å². The fraction of sp³-hybridized carbons (Fsp3) is 0.412. The van der Waals surface area contributed by atoms with Crippen LogP contribution in [0.5, 0.6) is 5.75 Å². The monoisotopic (exact) mass is 361 g/mol. The minimum atomic E-state index is -1.12. The van der Waals surface area contributed by atoms with E-state index in [1.165, 1.54) is 4.90 Å². The summed E-state index contributed by atoms with van der Waals surface area (Å²) in [5.41, 5.74) is 1.61. The zero-order valence-corrected chi connectivity index (χ0v) is 14.4. The molecule has 0 aromatic heterocycles. The second kappa shape index (κ2) is 6.66. The van der Waals surface area contributed by atoms with E-state index in [0.717, 1.165) is 0 Å². The first kappa shape index (κ1) is 17.7. The molecule has 1 unspecified atom stereocenters. The third-order valence-electron chi connectivity index (χ3n) is 4.47. The molecule has 9 nitrogen and oxygen atoms in total. The number of ether oxygens (including phenoxy) is 1. The number of rotatable bonds is 5. The molecule has 1 saturated heterocycles. The van der Waals surface area contributed by atoms with Crippen molar-refractivity contribution in [3.63, 3.8) is 0 Å². The maximum absolute atomic E-state index is 12.9. The number of piperidine rings is 1. The van der Waals surface area contributed by atoms with Gasteiger partial charge in [0.1, 0.15) is 11.8 Å². The summed E-state index contributed by atoms with van der Waals surface area (Å²) in [6, 6.07) is 2.63. The number of benzene rings is 1. The highest BCUT2D eigenvalue weighted by Crippen LogP contribution is 2.37. The molecule has 0 bridgehead atoms. The molecule has 26 heavy (non-hydrogen) atoms. The molecule has 0 saturated carbocycles. The molecular weight excluding hydrogens is 342 g/mol. The smallest absolute Gasteiger partial charge is 0.341 e. The van der Waals surface area contributed by atoms with Crippen LogP contribution in [0, 0.1) is 0 Å². The zero-order chi connectivity index (χ0) is 19.0. The number of fused-ring (bicyclic) bond motifs is 1. The standard InChI is InChI=1S/C17H19N3O6/c1-19(2)9-5-10-11(13(6-9)26-8-15(22)23)7-20(17(10)25)12-3-4-14(21)18-16(12)24/h5-6,12H,3-4,7-8H2,1-2H3,(H,22,23)(H,18,21,24). The summed E-state index contributed by atoms with van der Waals surface area (Å²) in [5.74, 6) is -2.01. The van der Waals surface area contributed by atoms with E-state index in [2.05, 4.69) is 5.32 Å². The molecule has 2 N–H and O–H groups in total. The first-order chi connectivity index (χ1) is 12.3. The lowest BCUT2D eigenvalue weighted by Crippen LogP contribution is -2.52. The van der Waals surface area contributed by atoms with Crippen molar-refractivity contribution in [3.8, 4) is 5.75 Å². The molecule has 2 heterocycles. The molecule has 1 fully saturated rings. The third-order valence-corrected chi connectivity index (χ3v) is 4.47. The van der Waals surface area contributed by atoms with Crippen molar-refractivity contribution >= 4 is 29.4 Å². The Morgan fingerprint density at radius 1 is 1.35 bits per heavy atom. The minimum Gasteiger partial charge on any atom is -0.481 e. The normalized spacial score (nSPS) is 19.2. The van der Waals surface area contributed by atoms with Gasteiger partial charge in [-0.2, -0.15) is 0 Å². The summed E-state index contributed by atoms with van der Waals surface area (Å²) in [5, 5.41) is 11.1. The number of anilines is 1. The number of imide groups is 1. The van der Waals surface area contributed by atoms with E-state index >= 15 is 0 Å². The van der Waals surface area contributed by atoms with E-state index in [1.54, 1.807) is 31.1 Å². The fourth-order valence-electron chi connectivity index (χ4n) is 3.14. The average Bonchev–Trinajstić information content (AvgIpc) is 2.89. The Morgan fingerprint density at radius 2 is 2.08 bits per heavy atom. The molecule has 1 atom stereocenters. The topological polar surface area (TPSA) is 116 Å². The number of nitrogens with one attached hydrogen (secondary N) is 1. The number of carboxylic acid groups (broad SMARTS) is 1. The maximum Gasteiger partial charge on any atom is 0.341 e. The summed E-state index contributed by atoms with van der Waals surface area (Å²) in [7, 11) is 3.58. The molecule has 1 aromatic carbocycles. The molecule has 2 aliphatic heterocycles. The van der Waals surface area contributed by atoms with Crippen LogP contribution < -0.4 is 15.0 Å². The lowest BCUT2D eigenvalue weighted by Gasteiger charge is -2.29. The summed E-state index contributed by atoms with van der Waals surface area (Å²) in [6.07, 6.45) is 0.429. The Hall–Kier alpha value is -3.10. The number of carboxylic acids is 1. The first-order valence-corrected chi connectivity index (χ1v) is 8.11. The molecule has 3 rings (SSSR count). The maximum atomic E-state index is 12.9. The van der Waals surface area contributed by atoms with E-state index in [-0.39, 0.29) is 31.2 Å². The van der Waals surface area contributed by atoms with Crippen LogP contribution in [0.1, 0.15) is 28.8 Å². The molecule has 2 aliphatic rings. The Kier molecular flexibility index (Phi) is 4.54. The Balaban J connectivity index is 1.94. The summed E-state index contributed by atoms with van der Waals surface area (Å²) < 4.78 is 5.37. The number of aliphatic carboxylic acids is 1. The van der Waals surface area contributed by atoms with E-state index in [1.807, 2.05) is 0 Å². The van der Waals surface area contributed by atoms with Gasteiger partial charge in [0.2, 0.25) is 11.8 Å². The second-order valence-corrected chi connectivity index (χ2v) is 6.45. The summed E-state index contributed by atoms with van der Waals surface area (Å²) in [6.45, 7) is -0.404.